The van der Waals surface area contributed by atoms with E-state index in [1.807, 2.05) is 6.20 Å². The molecule has 0 amide bonds. The van der Waals surface area contributed by atoms with Gasteiger partial charge in [0.05, 0.1) is 24.5 Å². The van der Waals surface area contributed by atoms with Gasteiger partial charge in [0.25, 0.3) is 0 Å². The number of nitrogens with zero attached hydrogens (tertiary/aromatic N) is 4. The smallest absolute Gasteiger partial charge is 0.383 e. The zero-order valence-electron chi connectivity index (χ0n) is 17.2. The average molecular weight is 433 g/mol. The first-order valence-electron chi connectivity index (χ1n) is 11.1. The number of halogens is 3. The fraction of sp³-hybridized carbons (Fsp3) is 0.636. The highest BCUT2D eigenvalue weighted by Gasteiger charge is 2.58. The lowest BCUT2D eigenvalue weighted by atomic mass is 10.1. The van der Waals surface area contributed by atoms with Gasteiger partial charge in [-0.2, -0.15) is 13.2 Å². The van der Waals surface area contributed by atoms with E-state index in [9.17, 15) is 13.2 Å². The molecule has 2 atom stereocenters. The van der Waals surface area contributed by atoms with E-state index in [1.165, 1.54) is 19.0 Å². The van der Waals surface area contributed by atoms with E-state index in [2.05, 4.69) is 14.5 Å². The van der Waals surface area contributed by atoms with Crippen molar-refractivity contribution in [2.24, 2.45) is 11.8 Å². The number of nitrogen functional groups attached to an aromatic ring is 1. The predicted molar refractivity (Wildman–Crippen MR) is 108 cm³/mol. The summed E-state index contributed by atoms with van der Waals surface area (Å²) in [4.78, 5) is 11.1. The number of fused-ring (bicyclic) bond motifs is 1. The third-order valence-electron chi connectivity index (χ3n) is 7.48. The fourth-order valence-corrected chi connectivity index (χ4v) is 5.70. The van der Waals surface area contributed by atoms with Crippen LogP contribution in [0.2, 0.25) is 0 Å². The molecule has 2 N–H and O–H groups in total. The van der Waals surface area contributed by atoms with Crippen molar-refractivity contribution in [3.63, 3.8) is 0 Å². The number of anilines is 1. The van der Waals surface area contributed by atoms with Gasteiger partial charge in [0, 0.05) is 49.0 Å². The van der Waals surface area contributed by atoms with Gasteiger partial charge in [-0.15, -0.1) is 0 Å². The third-order valence-corrected chi connectivity index (χ3v) is 7.48. The molecule has 1 saturated heterocycles. The van der Waals surface area contributed by atoms with Gasteiger partial charge in [-0.25, -0.2) is 9.97 Å². The van der Waals surface area contributed by atoms with Crippen LogP contribution in [0.5, 0.6) is 0 Å². The Hall–Kier alpha value is -2.13. The molecule has 3 aliphatic carbocycles. The van der Waals surface area contributed by atoms with Crippen LogP contribution in [-0.4, -0.2) is 51.8 Å². The minimum Gasteiger partial charge on any atom is -0.383 e. The summed E-state index contributed by atoms with van der Waals surface area (Å²) < 4.78 is 47.6. The maximum Gasteiger partial charge on any atom is 0.419 e. The van der Waals surface area contributed by atoms with Crippen LogP contribution in [0.15, 0.2) is 18.5 Å². The van der Waals surface area contributed by atoms with E-state index in [4.69, 9.17) is 15.5 Å². The summed E-state index contributed by atoms with van der Waals surface area (Å²) >= 11 is 0. The molecular formula is C22H26F3N5O. The number of ether oxygens (including phenoxy) is 1. The lowest BCUT2D eigenvalue weighted by Gasteiger charge is -2.33. The number of nitrogens with two attached hydrogens (primary N) is 1. The standard InChI is InChI=1S/C22H26F3N5O/c23-22(24,25)17-7-13(10-27-20(17)26)18-11-30(21(28-18)12-1-2-12)19-15-8-14(9-16(15)19)29-3-5-31-6-4-29/h7,10-12,14-16,19H,1-6,8-9H2,(H2,26,27). The van der Waals surface area contributed by atoms with Gasteiger partial charge in [0.15, 0.2) is 0 Å². The lowest BCUT2D eigenvalue weighted by molar-refractivity contribution is -0.137. The number of aromatic nitrogens is 3. The minimum absolute atomic E-state index is 0.374. The molecule has 0 radical (unpaired) electrons. The Morgan fingerprint density at radius 3 is 2.45 bits per heavy atom. The second kappa shape index (κ2) is 6.93. The van der Waals surface area contributed by atoms with Gasteiger partial charge in [-0.1, -0.05) is 0 Å². The lowest BCUT2D eigenvalue weighted by Crippen LogP contribution is -2.43. The summed E-state index contributed by atoms with van der Waals surface area (Å²) in [5.41, 5.74) is 5.51. The van der Waals surface area contributed by atoms with Crippen molar-refractivity contribution in [3.8, 4) is 11.3 Å². The zero-order valence-corrected chi connectivity index (χ0v) is 17.2. The molecule has 0 bridgehead atoms. The van der Waals surface area contributed by atoms with Crippen molar-refractivity contribution >= 4 is 5.82 Å². The van der Waals surface area contributed by atoms with Crippen LogP contribution in [0.3, 0.4) is 0 Å². The molecule has 0 aromatic carbocycles. The number of imidazole rings is 1. The first-order chi connectivity index (χ1) is 14.9. The van der Waals surface area contributed by atoms with Crippen molar-refractivity contribution in [2.75, 3.05) is 32.0 Å². The summed E-state index contributed by atoms with van der Waals surface area (Å²) in [6.07, 6.45) is 3.40. The highest BCUT2D eigenvalue weighted by Crippen LogP contribution is 2.62. The largest absolute Gasteiger partial charge is 0.419 e. The second-order valence-corrected chi connectivity index (χ2v) is 9.41. The molecule has 6 nitrogen and oxygen atoms in total. The first-order valence-corrected chi connectivity index (χ1v) is 11.1. The Bertz CT molecular complexity index is 984. The van der Waals surface area contributed by atoms with Crippen LogP contribution in [0.1, 0.15) is 49.0 Å². The molecule has 3 heterocycles. The maximum absolute atomic E-state index is 13.3. The number of alkyl halides is 3. The SMILES string of the molecule is Nc1ncc(-c2cn(C3C4CC(N5CCOCC5)CC43)c(C3CC3)n2)cc1C(F)(F)F. The third kappa shape index (κ3) is 3.42. The molecule has 1 aliphatic heterocycles. The molecule has 6 rings (SSSR count). The second-order valence-electron chi connectivity index (χ2n) is 9.41. The summed E-state index contributed by atoms with van der Waals surface area (Å²) in [5.74, 6) is 2.24. The van der Waals surface area contributed by atoms with Gasteiger partial charge < -0.3 is 15.0 Å². The Labute approximate surface area is 178 Å². The topological polar surface area (TPSA) is 69.2 Å². The molecule has 2 aromatic rings. The number of morpholine rings is 1. The summed E-state index contributed by atoms with van der Waals surface area (Å²) in [6.45, 7) is 3.68. The normalized spacial score (nSPS) is 31.1. The van der Waals surface area contributed by atoms with Crippen LogP contribution >= 0.6 is 0 Å². The van der Waals surface area contributed by atoms with Crippen LogP contribution in [0.25, 0.3) is 11.3 Å². The van der Waals surface area contributed by atoms with E-state index < -0.39 is 17.6 Å². The van der Waals surface area contributed by atoms with Crippen molar-refractivity contribution < 1.29 is 17.9 Å². The number of hydrogen-bond donors (Lipinski definition) is 1. The van der Waals surface area contributed by atoms with Crippen molar-refractivity contribution in [2.45, 2.75) is 49.9 Å². The molecule has 4 aliphatic rings. The molecule has 166 valence electrons. The van der Waals surface area contributed by atoms with Gasteiger partial charge in [0.1, 0.15) is 11.6 Å². The Kier molecular flexibility index (Phi) is 4.37. The molecular weight excluding hydrogens is 407 g/mol. The molecule has 0 spiro atoms. The minimum atomic E-state index is -4.53. The highest BCUT2D eigenvalue weighted by atomic mass is 19.4. The van der Waals surface area contributed by atoms with Gasteiger partial charge in [0.2, 0.25) is 0 Å². The number of pyridine rings is 1. The number of hydrogen-bond acceptors (Lipinski definition) is 5. The quantitative estimate of drug-likeness (QED) is 0.796. The van der Waals surface area contributed by atoms with Crippen LogP contribution in [0, 0.1) is 11.8 Å². The predicted octanol–water partition coefficient (Wildman–Crippen LogP) is 3.71. The van der Waals surface area contributed by atoms with E-state index in [0.717, 1.165) is 51.0 Å². The Balaban J connectivity index is 1.25. The molecule has 2 aromatic heterocycles. The van der Waals surface area contributed by atoms with E-state index in [-0.39, 0.29) is 0 Å². The Morgan fingerprint density at radius 2 is 1.81 bits per heavy atom. The summed E-state index contributed by atoms with van der Waals surface area (Å²) in [5, 5.41) is 0. The summed E-state index contributed by atoms with van der Waals surface area (Å²) in [6, 6.07) is 2.14. The molecule has 4 fully saturated rings. The van der Waals surface area contributed by atoms with Gasteiger partial charge in [-0.05, 0) is 43.6 Å². The highest BCUT2D eigenvalue weighted by molar-refractivity contribution is 5.62. The van der Waals surface area contributed by atoms with Crippen LogP contribution in [0.4, 0.5) is 19.0 Å². The number of rotatable bonds is 4. The summed E-state index contributed by atoms with van der Waals surface area (Å²) in [7, 11) is 0. The van der Waals surface area contributed by atoms with Crippen molar-refractivity contribution in [1.82, 2.24) is 19.4 Å². The van der Waals surface area contributed by atoms with Gasteiger partial charge in [-0.3, -0.25) is 4.90 Å². The van der Waals surface area contributed by atoms with E-state index in [1.54, 1.807) is 0 Å². The maximum atomic E-state index is 13.3. The molecule has 3 saturated carbocycles. The van der Waals surface area contributed by atoms with Gasteiger partial charge >= 0.3 is 6.18 Å². The van der Waals surface area contributed by atoms with Crippen molar-refractivity contribution in [3.05, 3.63) is 29.8 Å². The van der Waals surface area contributed by atoms with E-state index in [0.29, 0.717) is 41.1 Å². The molecule has 31 heavy (non-hydrogen) atoms. The monoisotopic (exact) mass is 433 g/mol. The van der Waals surface area contributed by atoms with Crippen molar-refractivity contribution in [1.29, 1.82) is 0 Å². The van der Waals surface area contributed by atoms with E-state index >= 15 is 0 Å². The zero-order chi connectivity index (χ0) is 21.3. The Morgan fingerprint density at radius 1 is 1.10 bits per heavy atom. The first kappa shape index (κ1) is 19.5. The molecule has 9 heteroatoms. The van der Waals surface area contributed by atoms with Crippen LogP contribution < -0.4 is 5.73 Å². The average Bonchev–Trinajstić information content (AvgIpc) is 3.62. The molecule has 2 unspecified atom stereocenters. The van der Waals surface area contributed by atoms with Crippen LogP contribution in [-0.2, 0) is 10.9 Å². The fourth-order valence-electron chi connectivity index (χ4n) is 5.70.